The van der Waals surface area contributed by atoms with E-state index in [2.05, 4.69) is 11.1 Å². The first-order valence-corrected chi connectivity index (χ1v) is 9.66. The van der Waals surface area contributed by atoms with Crippen LogP contribution in [-0.4, -0.2) is 26.2 Å². The molecule has 0 radical (unpaired) electrons. The van der Waals surface area contributed by atoms with Crippen molar-refractivity contribution < 1.29 is 51.4 Å². The number of rotatable bonds is 13. The maximum atomic E-state index is 10.3. The molecule has 0 unspecified atom stereocenters. The number of hydrogen-bond donors (Lipinski definition) is 0. The predicted molar refractivity (Wildman–Crippen MR) is 89.3 cm³/mol. The van der Waals surface area contributed by atoms with Gasteiger partial charge in [0.2, 0.25) is 10.4 Å². The maximum Gasteiger partial charge on any atom is 1.00 e. The zero-order valence-corrected chi connectivity index (χ0v) is 17.6. The van der Waals surface area contributed by atoms with Gasteiger partial charge >= 0.3 is 29.6 Å². The summed E-state index contributed by atoms with van der Waals surface area (Å²) >= 11 is 0. The van der Waals surface area contributed by atoms with Gasteiger partial charge in [-0.2, -0.15) is 0 Å². The summed E-state index contributed by atoms with van der Waals surface area (Å²) in [4.78, 5) is 0. The largest absolute Gasteiger partial charge is 1.00 e. The van der Waals surface area contributed by atoms with Gasteiger partial charge in [0.05, 0.1) is 6.61 Å². The molecular weight excluding hydrogens is 339 g/mol. The minimum absolute atomic E-state index is 0. The second-order valence-electron chi connectivity index (χ2n) is 5.59. The molecule has 1 aromatic carbocycles. The molecule has 0 bridgehead atoms. The zero-order valence-electron chi connectivity index (χ0n) is 14.8. The van der Waals surface area contributed by atoms with Crippen molar-refractivity contribution in [3.8, 4) is 5.75 Å². The molecule has 0 aliphatic carbocycles. The molecule has 0 aliphatic rings. The van der Waals surface area contributed by atoms with Crippen LogP contribution in [0.2, 0.25) is 0 Å². The predicted octanol–water partition coefficient (Wildman–Crippen LogP) is 0.839. The van der Waals surface area contributed by atoms with Gasteiger partial charge in [0.25, 0.3) is 0 Å². The van der Waals surface area contributed by atoms with Gasteiger partial charge in [-0.3, -0.25) is 4.18 Å². The van der Waals surface area contributed by atoms with E-state index >= 15 is 0 Å². The van der Waals surface area contributed by atoms with Gasteiger partial charge in [-0.15, -0.1) is 0 Å². The van der Waals surface area contributed by atoms with Crippen molar-refractivity contribution in [2.24, 2.45) is 0 Å². The molecule has 0 amide bonds. The summed E-state index contributed by atoms with van der Waals surface area (Å²) in [6.45, 7) is 1.98. The third kappa shape index (κ3) is 13.2. The van der Waals surface area contributed by atoms with Crippen molar-refractivity contribution in [1.82, 2.24) is 0 Å². The van der Waals surface area contributed by atoms with Crippen LogP contribution >= 0.6 is 0 Å². The Balaban J connectivity index is 0.00000529. The van der Waals surface area contributed by atoms with Crippen molar-refractivity contribution in [2.45, 2.75) is 58.3 Å². The van der Waals surface area contributed by atoms with Gasteiger partial charge in [0.1, 0.15) is 12.4 Å². The topological polar surface area (TPSA) is 75.7 Å². The molecule has 0 atom stereocenters. The third-order valence-electron chi connectivity index (χ3n) is 3.57. The van der Waals surface area contributed by atoms with Crippen molar-refractivity contribution in [2.75, 3.05) is 13.2 Å². The summed E-state index contributed by atoms with van der Waals surface area (Å²) in [6.07, 6.45) is 10.1. The van der Waals surface area contributed by atoms with E-state index in [0.717, 1.165) is 6.42 Å². The molecule has 7 heteroatoms. The first-order valence-electron chi connectivity index (χ1n) is 8.33. The Morgan fingerprint density at radius 3 is 2.08 bits per heavy atom. The fourth-order valence-corrected chi connectivity index (χ4v) is 2.61. The van der Waals surface area contributed by atoms with Crippen LogP contribution in [0.1, 0.15) is 57.4 Å². The van der Waals surface area contributed by atoms with Crippen LogP contribution in [0.15, 0.2) is 24.3 Å². The summed E-state index contributed by atoms with van der Waals surface area (Å²) in [7, 11) is -4.64. The van der Waals surface area contributed by atoms with E-state index in [1.807, 2.05) is 24.3 Å². The fraction of sp³-hybridized carbons (Fsp3) is 0.647. The molecule has 0 aliphatic heterocycles. The Morgan fingerprint density at radius 1 is 0.917 bits per heavy atom. The van der Waals surface area contributed by atoms with Crippen molar-refractivity contribution >= 4 is 10.4 Å². The van der Waals surface area contributed by atoms with Gasteiger partial charge in [-0.25, -0.2) is 8.42 Å². The summed E-state index contributed by atoms with van der Waals surface area (Å²) in [5.41, 5.74) is 1.27. The molecule has 0 aromatic heterocycles. The Labute approximate surface area is 168 Å². The Bertz CT molecular complexity index is 516. The van der Waals surface area contributed by atoms with Crippen LogP contribution in [0.4, 0.5) is 0 Å². The van der Waals surface area contributed by atoms with Crippen LogP contribution in [0, 0.1) is 0 Å². The van der Waals surface area contributed by atoms with Crippen LogP contribution in [-0.2, 0) is 21.0 Å². The standard InChI is InChI=1S/C17H28O5S.Na/c1-2-3-4-5-6-7-8-9-16-10-12-17(13-11-16)21-14-15-22-23(18,19)20;/h10-13H,2-9,14-15H2,1H3,(H,18,19,20);/q;+1/p-1. The molecule has 0 heterocycles. The summed E-state index contributed by atoms with van der Waals surface area (Å²) in [6, 6.07) is 7.72. The second-order valence-corrected chi connectivity index (χ2v) is 6.65. The molecule has 1 rings (SSSR count). The molecule has 0 spiro atoms. The monoisotopic (exact) mass is 366 g/mol. The minimum Gasteiger partial charge on any atom is -0.726 e. The van der Waals surface area contributed by atoms with Crippen molar-refractivity contribution in [3.05, 3.63) is 29.8 Å². The van der Waals surface area contributed by atoms with Gasteiger partial charge in [-0.05, 0) is 30.5 Å². The molecule has 1 aromatic rings. The summed E-state index contributed by atoms with van der Waals surface area (Å²) in [5.74, 6) is 0.639. The molecule has 132 valence electrons. The van der Waals surface area contributed by atoms with Gasteiger partial charge in [0, 0.05) is 0 Å². The molecule has 0 N–H and O–H groups in total. The molecule has 5 nitrogen and oxygen atoms in total. The van der Waals surface area contributed by atoms with E-state index in [1.165, 1.54) is 50.5 Å². The van der Waals surface area contributed by atoms with Gasteiger partial charge in [-0.1, -0.05) is 57.6 Å². The van der Waals surface area contributed by atoms with Gasteiger partial charge < -0.3 is 9.29 Å². The van der Waals surface area contributed by atoms with E-state index < -0.39 is 10.4 Å². The quantitative estimate of drug-likeness (QED) is 0.224. The van der Waals surface area contributed by atoms with Gasteiger partial charge in [0.15, 0.2) is 0 Å². The number of aryl methyl sites for hydroxylation is 1. The molecule has 24 heavy (non-hydrogen) atoms. The smallest absolute Gasteiger partial charge is 0.726 e. The fourth-order valence-electron chi connectivity index (χ4n) is 2.33. The normalized spacial score (nSPS) is 11.1. The Kier molecular flexibility index (Phi) is 14.0. The Morgan fingerprint density at radius 2 is 1.50 bits per heavy atom. The van der Waals surface area contributed by atoms with Crippen molar-refractivity contribution in [1.29, 1.82) is 0 Å². The maximum absolute atomic E-state index is 10.3. The first kappa shape index (κ1) is 23.9. The van der Waals surface area contributed by atoms with Crippen LogP contribution in [0.3, 0.4) is 0 Å². The third-order valence-corrected chi connectivity index (χ3v) is 4.03. The molecule has 0 fully saturated rings. The van der Waals surface area contributed by atoms with E-state index in [0.29, 0.717) is 5.75 Å². The average Bonchev–Trinajstić information content (AvgIpc) is 2.51. The molecule has 0 saturated heterocycles. The number of benzene rings is 1. The average molecular weight is 366 g/mol. The summed E-state index contributed by atoms with van der Waals surface area (Å²) < 4.78 is 40.1. The van der Waals surface area contributed by atoms with E-state index in [4.69, 9.17) is 4.74 Å². The first-order chi connectivity index (χ1) is 11.0. The number of unbranched alkanes of at least 4 members (excludes halogenated alkanes) is 6. The zero-order chi connectivity index (χ0) is 17.0. The second kappa shape index (κ2) is 14.1. The van der Waals surface area contributed by atoms with E-state index in [1.54, 1.807) is 0 Å². The van der Waals surface area contributed by atoms with Crippen molar-refractivity contribution in [3.63, 3.8) is 0 Å². The van der Waals surface area contributed by atoms with E-state index in [9.17, 15) is 13.0 Å². The minimum atomic E-state index is -4.64. The van der Waals surface area contributed by atoms with Crippen LogP contribution < -0.4 is 34.3 Å². The number of ether oxygens (including phenoxy) is 1. The number of hydrogen-bond acceptors (Lipinski definition) is 5. The SMILES string of the molecule is CCCCCCCCCc1ccc(OCCOS(=O)(=O)[O-])cc1.[Na+]. The molecular formula is C17H27NaO5S. The van der Waals surface area contributed by atoms with Crippen LogP contribution in [0.25, 0.3) is 0 Å². The summed E-state index contributed by atoms with van der Waals surface area (Å²) in [5, 5.41) is 0. The Hall–Kier alpha value is -0.110. The molecule has 0 saturated carbocycles. The van der Waals surface area contributed by atoms with E-state index in [-0.39, 0.29) is 42.8 Å². The van der Waals surface area contributed by atoms with Crippen LogP contribution in [0.5, 0.6) is 5.75 Å².